The first kappa shape index (κ1) is 15.3. The van der Waals surface area contributed by atoms with Gasteiger partial charge in [-0.3, -0.25) is 0 Å². The second kappa shape index (κ2) is 6.13. The van der Waals surface area contributed by atoms with E-state index in [1.165, 1.54) is 0 Å². The average Bonchev–Trinajstić information content (AvgIpc) is 2.36. The van der Waals surface area contributed by atoms with Gasteiger partial charge in [0.2, 0.25) is 0 Å². The van der Waals surface area contributed by atoms with Crippen molar-refractivity contribution in [2.75, 3.05) is 6.61 Å². The Morgan fingerprint density at radius 3 is 2.84 bits per heavy atom. The maximum atomic E-state index is 6.20. The van der Waals surface area contributed by atoms with Crippen LogP contribution in [0.15, 0.2) is 22.7 Å². The fourth-order valence-corrected chi connectivity index (χ4v) is 3.22. The predicted molar refractivity (Wildman–Crippen MR) is 83.6 cm³/mol. The van der Waals surface area contributed by atoms with Crippen LogP contribution in [0.4, 0.5) is 0 Å². The number of nitrogens with one attached hydrogen (secondary N) is 1. The first-order valence-corrected chi connectivity index (χ1v) is 7.91. The molecule has 0 amide bonds. The maximum absolute atomic E-state index is 6.20. The molecule has 2 rings (SSSR count). The molecule has 2 atom stereocenters. The Hall–Kier alpha value is -0.0900. The Morgan fingerprint density at radius 1 is 1.47 bits per heavy atom. The third-order valence-electron chi connectivity index (χ3n) is 4.09. The molecule has 106 valence electrons. The molecule has 0 bridgehead atoms. The van der Waals surface area contributed by atoms with E-state index in [4.69, 9.17) is 16.3 Å². The zero-order chi connectivity index (χ0) is 14.0. The molecule has 0 aromatic heterocycles. The summed E-state index contributed by atoms with van der Waals surface area (Å²) < 4.78 is 6.81. The average molecular weight is 347 g/mol. The molecule has 1 aliphatic rings. The van der Waals surface area contributed by atoms with Crippen molar-refractivity contribution in [1.82, 2.24) is 5.32 Å². The van der Waals surface area contributed by atoms with Crippen LogP contribution in [-0.4, -0.2) is 18.8 Å². The van der Waals surface area contributed by atoms with Crippen molar-refractivity contribution in [2.24, 2.45) is 5.41 Å². The molecule has 0 radical (unpaired) electrons. The summed E-state index contributed by atoms with van der Waals surface area (Å²) in [5.41, 5.74) is 1.32. The van der Waals surface area contributed by atoms with Gasteiger partial charge in [-0.1, -0.05) is 41.4 Å². The second-order valence-corrected chi connectivity index (χ2v) is 6.99. The number of ether oxygens (including phenoxy) is 1. The molecule has 1 aromatic rings. The van der Waals surface area contributed by atoms with Crippen molar-refractivity contribution < 1.29 is 4.74 Å². The van der Waals surface area contributed by atoms with Crippen LogP contribution >= 0.6 is 27.5 Å². The van der Waals surface area contributed by atoms with Crippen LogP contribution in [0.2, 0.25) is 5.02 Å². The van der Waals surface area contributed by atoms with Gasteiger partial charge in [0, 0.05) is 34.1 Å². The summed E-state index contributed by atoms with van der Waals surface area (Å²) in [4.78, 5) is 0. The van der Waals surface area contributed by atoms with E-state index in [1.54, 1.807) is 0 Å². The largest absolute Gasteiger partial charge is 0.378 e. The first-order chi connectivity index (χ1) is 8.95. The number of rotatable bonds is 5. The molecule has 2 nitrogen and oxygen atoms in total. The summed E-state index contributed by atoms with van der Waals surface area (Å²) in [6.07, 6.45) is 1.44. The number of hydrogen-bond acceptors (Lipinski definition) is 2. The number of hydrogen-bond donors (Lipinski definition) is 1. The highest BCUT2D eigenvalue weighted by Gasteiger charge is 2.48. The second-order valence-electron chi connectivity index (χ2n) is 5.67. The molecule has 1 fully saturated rings. The Morgan fingerprint density at radius 2 is 2.21 bits per heavy atom. The summed E-state index contributed by atoms with van der Waals surface area (Å²) in [6, 6.07) is 6.45. The van der Waals surface area contributed by atoms with Gasteiger partial charge in [0.05, 0.1) is 6.10 Å². The van der Waals surface area contributed by atoms with E-state index in [0.29, 0.717) is 12.1 Å². The molecule has 1 aromatic carbocycles. The summed E-state index contributed by atoms with van der Waals surface area (Å²) in [5.74, 6) is 0. The summed E-state index contributed by atoms with van der Waals surface area (Å²) >= 11 is 9.69. The monoisotopic (exact) mass is 345 g/mol. The van der Waals surface area contributed by atoms with E-state index < -0.39 is 0 Å². The van der Waals surface area contributed by atoms with Gasteiger partial charge in [-0.25, -0.2) is 0 Å². The molecule has 0 aliphatic heterocycles. The third kappa shape index (κ3) is 3.33. The fraction of sp³-hybridized carbons (Fsp3) is 0.600. The molecule has 1 N–H and O–H groups in total. The van der Waals surface area contributed by atoms with Gasteiger partial charge in [-0.05, 0) is 37.1 Å². The van der Waals surface area contributed by atoms with Crippen LogP contribution in [0.25, 0.3) is 0 Å². The Labute approximate surface area is 129 Å². The van der Waals surface area contributed by atoms with Gasteiger partial charge < -0.3 is 10.1 Å². The molecule has 1 saturated carbocycles. The lowest BCUT2D eigenvalue weighted by atomic mass is 9.64. The zero-order valence-electron chi connectivity index (χ0n) is 11.7. The Balaban J connectivity index is 1.92. The van der Waals surface area contributed by atoms with Crippen LogP contribution in [0, 0.1) is 5.41 Å². The molecule has 0 saturated heterocycles. The first-order valence-electron chi connectivity index (χ1n) is 6.74. The van der Waals surface area contributed by atoms with E-state index in [-0.39, 0.29) is 5.41 Å². The number of benzene rings is 1. The minimum atomic E-state index is 0.189. The molecule has 1 aliphatic carbocycles. The standard InChI is InChI=1S/C15H21BrClNO/c1-4-19-14-8-13(15(14,2)3)18-9-10-7-11(16)5-6-12(10)17/h5-7,13-14,18H,4,8-9H2,1-3H3. The molecule has 0 heterocycles. The van der Waals surface area contributed by atoms with Gasteiger partial charge in [-0.2, -0.15) is 0 Å². The van der Waals surface area contributed by atoms with Gasteiger partial charge in [0.1, 0.15) is 0 Å². The van der Waals surface area contributed by atoms with Gasteiger partial charge in [0.15, 0.2) is 0 Å². The molecular weight excluding hydrogens is 326 g/mol. The summed E-state index contributed by atoms with van der Waals surface area (Å²) in [6.45, 7) is 8.16. The highest BCUT2D eigenvalue weighted by atomic mass is 79.9. The van der Waals surface area contributed by atoms with E-state index in [0.717, 1.165) is 34.6 Å². The van der Waals surface area contributed by atoms with Crippen molar-refractivity contribution in [3.05, 3.63) is 33.3 Å². The fourth-order valence-electron chi connectivity index (χ4n) is 2.63. The number of halogens is 2. The lowest BCUT2D eigenvalue weighted by Gasteiger charge is -2.52. The lowest BCUT2D eigenvalue weighted by Crippen LogP contribution is -2.60. The molecule has 19 heavy (non-hydrogen) atoms. The van der Waals surface area contributed by atoms with E-state index >= 15 is 0 Å². The molecule has 4 heteroatoms. The van der Waals surface area contributed by atoms with E-state index in [1.807, 2.05) is 12.1 Å². The molecule has 0 spiro atoms. The Bertz CT molecular complexity index is 450. The maximum Gasteiger partial charge on any atom is 0.0655 e. The lowest BCUT2D eigenvalue weighted by molar-refractivity contribution is -0.114. The summed E-state index contributed by atoms with van der Waals surface area (Å²) in [7, 11) is 0. The van der Waals surface area contributed by atoms with E-state index in [9.17, 15) is 0 Å². The zero-order valence-corrected chi connectivity index (χ0v) is 14.0. The van der Waals surface area contributed by atoms with Gasteiger partial charge in [0.25, 0.3) is 0 Å². The minimum Gasteiger partial charge on any atom is -0.378 e. The minimum absolute atomic E-state index is 0.189. The van der Waals surface area contributed by atoms with Crippen molar-refractivity contribution in [3.8, 4) is 0 Å². The molecular formula is C15H21BrClNO. The predicted octanol–water partition coefficient (Wildman–Crippen LogP) is 4.40. The normalized spacial score (nSPS) is 25.1. The third-order valence-corrected chi connectivity index (χ3v) is 4.95. The Kier molecular flexibility index (Phi) is 4.93. The van der Waals surface area contributed by atoms with Gasteiger partial charge >= 0.3 is 0 Å². The van der Waals surface area contributed by atoms with E-state index in [2.05, 4.69) is 48.1 Å². The highest BCUT2D eigenvalue weighted by molar-refractivity contribution is 9.10. The molecule has 2 unspecified atom stereocenters. The van der Waals surface area contributed by atoms with Crippen LogP contribution in [0.1, 0.15) is 32.8 Å². The summed E-state index contributed by atoms with van der Waals surface area (Å²) in [5, 5.41) is 4.41. The quantitative estimate of drug-likeness (QED) is 0.853. The van der Waals surface area contributed by atoms with Crippen LogP contribution in [0.3, 0.4) is 0 Å². The van der Waals surface area contributed by atoms with Crippen LogP contribution in [0.5, 0.6) is 0 Å². The smallest absolute Gasteiger partial charge is 0.0655 e. The van der Waals surface area contributed by atoms with Crippen molar-refractivity contribution in [1.29, 1.82) is 0 Å². The van der Waals surface area contributed by atoms with Gasteiger partial charge in [-0.15, -0.1) is 0 Å². The highest BCUT2D eigenvalue weighted by Crippen LogP contribution is 2.42. The van der Waals surface area contributed by atoms with Crippen molar-refractivity contribution in [3.63, 3.8) is 0 Å². The van der Waals surface area contributed by atoms with Crippen LogP contribution < -0.4 is 5.32 Å². The van der Waals surface area contributed by atoms with Crippen molar-refractivity contribution in [2.45, 2.75) is 45.9 Å². The van der Waals surface area contributed by atoms with Crippen LogP contribution in [-0.2, 0) is 11.3 Å². The topological polar surface area (TPSA) is 21.3 Å². The van der Waals surface area contributed by atoms with Crippen molar-refractivity contribution >= 4 is 27.5 Å². The SMILES string of the molecule is CCOC1CC(NCc2cc(Br)ccc2Cl)C1(C)C.